The zero-order valence-corrected chi connectivity index (χ0v) is 12.3. The van der Waals surface area contributed by atoms with Crippen molar-refractivity contribution < 1.29 is 0 Å². The number of rotatable bonds is 3. The van der Waals surface area contributed by atoms with Gasteiger partial charge in [-0.15, -0.1) is 11.6 Å². The Bertz CT molecular complexity index is 738. The van der Waals surface area contributed by atoms with Crippen LogP contribution in [0, 0.1) is 0 Å². The van der Waals surface area contributed by atoms with E-state index in [0.29, 0.717) is 11.6 Å². The number of hydrogen-bond donors (Lipinski definition) is 0. The van der Waals surface area contributed by atoms with E-state index in [1.807, 2.05) is 29.7 Å². The van der Waals surface area contributed by atoms with E-state index in [9.17, 15) is 0 Å². The van der Waals surface area contributed by atoms with Gasteiger partial charge in [0.25, 0.3) is 0 Å². The number of halogens is 2. The third-order valence-corrected chi connectivity index (χ3v) is 3.39. The lowest BCUT2D eigenvalue weighted by molar-refractivity contribution is 0.721. The first-order chi connectivity index (χ1) is 9.65. The molecule has 0 aromatic carbocycles. The molecule has 0 N–H and O–H groups in total. The average Bonchev–Trinajstić information content (AvgIpc) is 2.78. The van der Waals surface area contributed by atoms with Gasteiger partial charge in [-0.25, -0.2) is 9.97 Å². The molecule has 0 saturated carbocycles. The average molecular weight is 307 g/mol. The minimum atomic E-state index is -0.216. The lowest BCUT2D eigenvalue weighted by atomic mass is 10.3. The van der Waals surface area contributed by atoms with Gasteiger partial charge in [-0.1, -0.05) is 17.7 Å². The van der Waals surface area contributed by atoms with E-state index in [1.165, 1.54) is 0 Å². The van der Waals surface area contributed by atoms with Crippen molar-refractivity contribution in [3.8, 4) is 0 Å². The highest BCUT2D eigenvalue weighted by Crippen LogP contribution is 2.25. The maximum absolute atomic E-state index is 6.22. The van der Waals surface area contributed by atoms with Crippen molar-refractivity contribution >= 4 is 34.4 Å². The summed E-state index contributed by atoms with van der Waals surface area (Å²) in [6.07, 6.45) is 3.38. The van der Waals surface area contributed by atoms with Crippen molar-refractivity contribution in [3.63, 3.8) is 0 Å². The minimum absolute atomic E-state index is 0.216. The lowest BCUT2D eigenvalue weighted by Crippen LogP contribution is -2.07. The molecule has 0 radical (unpaired) electrons. The minimum Gasteiger partial charge on any atom is -0.305 e. The molecule has 0 aliphatic carbocycles. The Kier molecular flexibility index (Phi) is 3.59. The molecule has 0 bridgehead atoms. The van der Waals surface area contributed by atoms with Crippen LogP contribution in [-0.4, -0.2) is 19.5 Å². The van der Waals surface area contributed by atoms with Crippen molar-refractivity contribution in [2.75, 3.05) is 0 Å². The Hall–Kier alpha value is -1.65. The molecule has 3 aromatic heterocycles. The van der Waals surface area contributed by atoms with Crippen molar-refractivity contribution in [2.24, 2.45) is 0 Å². The van der Waals surface area contributed by atoms with Gasteiger partial charge >= 0.3 is 0 Å². The van der Waals surface area contributed by atoms with E-state index >= 15 is 0 Å². The second kappa shape index (κ2) is 5.38. The predicted octanol–water partition coefficient (Wildman–Crippen LogP) is 3.83. The van der Waals surface area contributed by atoms with Gasteiger partial charge in [-0.05, 0) is 25.1 Å². The summed E-state index contributed by atoms with van der Waals surface area (Å²) in [5.74, 6) is 0.766. The van der Waals surface area contributed by atoms with E-state index in [4.69, 9.17) is 23.2 Å². The zero-order chi connectivity index (χ0) is 14.1. The predicted molar refractivity (Wildman–Crippen MR) is 80.1 cm³/mol. The molecular weight excluding hydrogens is 295 g/mol. The van der Waals surface area contributed by atoms with E-state index < -0.39 is 0 Å². The Morgan fingerprint density at radius 1 is 1.30 bits per heavy atom. The molecule has 20 heavy (non-hydrogen) atoms. The molecule has 0 amide bonds. The Morgan fingerprint density at radius 3 is 2.85 bits per heavy atom. The molecule has 0 aliphatic heterocycles. The van der Waals surface area contributed by atoms with Crippen molar-refractivity contribution in [1.29, 1.82) is 0 Å². The molecule has 1 unspecified atom stereocenters. The monoisotopic (exact) mass is 306 g/mol. The summed E-state index contributed by atoms with van der Waals surface area (Å²) in [5, 5.41) is 0.348. The van der Waals surface area contributed by atoms with Gasteiger partial charge in [0.1, 0.15) is 11.3 Å². The van der Waals surface area contributed by atoms with Crippen LogP contribution >= 0.6 is 23.2 Å². The molecule has 3 heterocycles. The fraction of sp³-hybridized carbons (Fsp3) is 0.214. The highest BCUT2D eigenvalue weighted by atomic mass is 35.5. The number of hydrogen-bond acceptors (Lipinski definition) is 3. The summed E-state index contributed by atoms with van der Waals surface area (Å²) in [7, 11) is 0. The van der Waals surface area contributed by atoms with Gasteiger partial charge in [0.05, 0.1) is 22.6 Å². The van der Waals surface area contributed by atoms with Crippen LogP contribution in [0.4, 0.5) is 0 Å². The van der Waals surface area contributed by atoms with Gasteiger partial charge in [-0.3, -0.25) is 4.98 Å². The number of alkyl halides is 1. The fourth-order valence-electron chi connectivity index (χ4n) is 2.12. The summed E-state index contributed by atoms with van der Waals surface area (Å²) in [6, 6.07) is 7.60. The summed E-state index contributed by atoms with van der Waals surface area (Å²) < 4.78 is 1.98. The van der Waals surface area contributed by atoms with Crippen molar-refractivity contribution in [1.82, 2.24) is 19.5 Å². The molecule has 3 aromatic rings. The van der Waals surface area contributed by atoms with Crippen LogP contribution in [0.5, 0.6) is 0 Å². The van der Waals surface area contributed by atoms with Gasteiger partial charge < -0.3 is 4.57 Å². The molecule has 4 nitrogen and oxygen atoms in total. The van der Waals surface area contributed by atoms with Gasteiger partial charge in [-0.2, -0.15) is 0 Å². The van der Waals surface area contributed by atoms with Crippen LogP contribution in [0.1, 0.15) is 23.8 Å². The third kappa shape index (κ3) is 2.49. The number of fused-ring (bicyclic) bond motifs is 1. The fourth-order valence-corrected chi connectivity index (χ4v) is 2.44. The first kappa shape index (κ1) is 13.3. The standard InChI is InChI=1S/C14H12Cl2N4/c1-9(15)13-19-12-6-10(16)7-18-14(12)20(13)8-11-4-2-3-5-17-11/h2-7,9H,8H2,1H3. The van der Waals surface area contributed by atoms with E-state index in [1.54, 1.807) is 18.5 Å². The maximum Gasteiger partial charge on any atom is 0.160 e. The van der Waals surface area contributed by atoms with Gasteiger partial charge in [0, 0.05) is 12.4 Å². The summed E-state index contributed by atoms with van der Waals surface area (Å²) in [5.41, 5.74) is 2.45. The largest absolute Gasteiger partial charge is 0.305 e. The highest BCUT2D eigenvalue weighted by molar-refractivity contribution is 6.31. The molecule has 0 aliphatic rings. The van der Waals surface area contributed by atoms with Crippen LogP contribution in [0.25, 0.3) is 11.2 Å². The Labute approximate surface area is 126 Å². The van der Waals surface area contributed by atoms with Crippen LogP contribution in [0.3, 0.4) is 0 Å². The van der Waals surface area contributed by atoms with Crippen molar-refractivity contribution in [2.45, 2.75) is 18.8 Å². The van der Waals surface area contributed by atoms with Crippen LogP contribution in [0.15, 0.2) is 36.7 Å². The van der Waals surface area contributed by atoms with Crippen molar-refractivity contribution in [3.05, 3.63) is 53.2 Å². The second-order valence-electron chi connectivity index (χ2n) is 4.49. The van der Waals surface area contributed by atoms with E-state index in [-0.39, 0.29) is 5.38 Å². The third-order valence-electron chi connectivity index (χ3n) is 2.98. The Balaban J connectivity index is 2.14. The van der Waals surface area contributed by atoms with E-state index in [0.717, 1.165) is 22.7 Å². The molecule has 6 heteroatoms. The number of pyridine rings is 2. The molecule has 0 fully saturated rings. The second-order valence-corrected chi connectivity index (χ2v) is 5.58. The summed E-state index contributed by atoms with van der Waals surface area (Å²) in [4.78, 5) is 13.2. The number of nitrogens with zero attached hydrogens (tertiary/aromatic N) is 4. The van der Waals surface area contributed by atoms with Crippen LogP contribution in [-0.2, 0) is 6.54 Å². The molecule has 0 saturated heterocycles. The molecule has 102 valence electrons. The number of aromatic nitrogens is 4. The SMILES string of the molecule is CC(Cl)c1nc2cc(Cl)cnc2n1Cc1ccccn1. The smallest absolute Gasteiger partial charge is 0.160 e. The highest BCUT2D eigenvalue weighted by Gasteiger charge is 2.16. The number of imidazole rings is 1. The quantitative estimate of drug-likeness (QED) is 0.691. The Morgan fingerprint density at radius 2 is 2.15 bits per heavy atom. The molecule has 3 rings (SSSR count). The molecule has 1 atom stereocenters. The molecule has 0 spiro atoms. The lowest BCUT2D eigenvalue weighted by Gasteiger charge is -2.09. The zero-order valence-electron chi connectivity index (χ0n) is 10.8. The first-order valence-corrected chi connectivity index (χ1v) is 7.02. The van der Waals surface area contributed by atoms with Gasteiger partial charge in [0.15, 0.2) is 5.65 Å². The first-order valence-electron chi connectivity index (χ1n) is 6.21. The van der Waals surface area contributed by atoms with Crippen LogP contribution < -0.4 is 0 Å². The van der Waals surface area contributed by atoms with E-state index in [2.05, 4.69) is 15.0 Å². The van der Waals surface area contributed by atoms with Gasteiger partial charge in [0.2, 0.25) is 0 Å². The summed E-state index contributed by atoms with van der Waals surface area (Å²) in [6.45, 7) is 2.47. The summed E-state index contributed by atoms with van der Waals surface area (Å²) >= 11 is 12.2. The normalized spacial score (nSPS) is 12.8. The topological polar surface area (TPSA) is 43.6 Å². The van der Waals surface area contributed by atoms with Crippen LogP contribution in [0.2, 0.25) is 5.02 Å². The molecular formula is C14H12Cl2N4. The maximum atomic E-state index is 6.22.